The van der Waals surface area contributed by atoms with Crippen molar-refractivity contribution in [1.82, 2.24) is 0 Å². The van der Waals surface area contributed by atoms with Crippen molar-refractivity contribution >= 4 is 24.7 Å². The molecule has 1 fully saturated rings. The van der Waals surface area contributed by atoms with E-state index >= 15 is 0 Å². The monoisotopic (exact) mass is 374 g/mol. The zero-order chi connectivity index (χ0) is 17.6. The first-order valence-electron chi connectivity index (χ1n) is 8.66. The van der Waals surface area contributed by atoms with Gasteiger partial charge in [-0.15, -0.1) is 0 Å². The summed E-state index contributed by atoms with van der Waals surface area (Å²) in [4.78, 5) is 13.0. The lowest BCUT2D eigenvalue weighted by atomic mass is 9.75. The largest absolute Gasteiger partial charge is 0.480 e. The summed E-state index contributed by atoms with van der Waals surface area (Å²) >= 11 is 0. The van der Waals surface area contributed by atoms with E-state index in [1.54, 1.807) is 0 Å². The molecule has 1 aliphatic rings. The molecule has 0 bridgehead atoms. The second-order valence-corrected chi connectivity index (χ2v) is 7.06. The Kier molecular flexibility index (Phi) is 6.45. The van der Waals surface area contributed by atoms with Crippen LogP contribution in [0.2, 0.25) is 0 Å². The van der Waals surface area contributed by atoms with Gasteiger partial charge >= 0.3 is 0 Å². The van der Waals surface area contributed by atoms with E-state index in [2.05, 4.69) is 18.9 Å². The molecule has 4 atom stereocenters. The highest BCUT2D eigenvalue weighted by atomic mass is 31.0. The van der Waals surface area contributed by atoms with E-state index in [0.29, 0.717) is 5.78 Å². The fourth-order valence-electron chi connectivity index (χ4n) is 3.74. The van der Waals surface area contributed by atoms with Gasteiger partial charge < -0.3 is 9.05 Å². The number of carbonyl (C=O) groups excluding carboxylic acids is 1. The number of para-hydroxylation sites is 2. The van der Waals surface area contributed by atoms with Crippen LogP contribution in [0.1, 0.15) is 30.4 Å². The Morgan fingerprint density at radius 3 is 1.68 bits per heavy atom. The molecule has 0 aromatic heterocycles. The van der Waals surface area contributed by atoms with Gasteiger partial charge in [0.25, 0.3) is 0 Å². The van der Waals surface area contributed by atoms with Gasteiger partial charge in [0.15, 0.2) is 0 Å². The quantitative estimate of drug-likeness (QED) is 0.682. The molecular formula is C20H24O3P2. The Labute approximate surface area is 154 Å². The number of hydrogen-bond acceptors (Lipinski definition) is 3. The summed E-state index contributed by atoms with van der Waals surface area (Å²) in [5.41, 5.74) is 2.20. The van der Waals surface area contributed by atoms with Gasteiger partial charge in [-0.25, -0.2) is 0 Å². The van der Waals surface area contributed by atoms with Crippen LogP contribution >= 0.6 is 18.9 Å². The maximum atomic E-state index is 13.0. The third-order valence-corrected chi connectivity index (χ3v) is 5.55. The molecule has 0 radical (unpaired) electrons. The van der Waals surface area contributed by atoms with Crippen molar-refractivity contribution in [2.24, 2.45) is 11.8 Å². The fourth-order valence-corrected chi connectivity index (χ4v) is 4.20. The van der Waals surface area contributed by atoms with Crippen LogP contribution in [0.25, 0.3) is 0 Å². The molecule has 3 rings (SSSR count). The minimum atomic E-state index is 0.0733. The lowest BCUT2D eigenvalue weighted by Crippen LogP contribution is -2.31. The molecule has 0 spiro atoms. The summed E-state index contributed by atoms with van der Waals surface area (Å²) in [5.74, 6) is 2.20. The van der Waals surface area contributed by atoms with Crippen LogP contribution in [0.3, 0.4) is 0 Å². The van der Waals surface area contributed by atoms with Crippen molar-refractivity contribution < 1.29 is 13.8 Å². The van der Waals surface area contributed by atoms with E-state index in [1.807, 2.05) is 48.5 Å². The van der Waals surface area contributed by atoms with Crippen LogP contribution in [-0.4, -0.2) is 5.78 Å². The minimum absolute atomic E-state index is 0.0733. The molecule has 0 heterocycles. The summed E-state index contributed by atoms with van der Waals surface area (Å²) in [7, 11) is 4.59. The predicted octanol–water partition coefficient (Wildman–Crippen LogP) is 4.80. The highest BCUT2D eigenvalue weighted by Gasteiger charge is 2.32. The first-order valence-corrected chi connectivity index (χ1v) is 9.60. The number of benzene rings is 2. The molecule has 3 nitrogen and oxygen atoms in total. The number of rotatable bonds is 6. The van der Waals surface area contributed by atoms with Gasteiger partial charge in [-0.2, -0.15) is 0 Å². The van der Waals surface area contributed by atoms with E-state index < -0.39 is 0 Å². The van der Waals surface area contributed by atoms with E-state index in [0.717, 1.165) is 54.7 Å². The lowest BCUT2D eigenvalue weighted by Gasteiger charge is -2.28. The third-order valence-electron chi connectivity index (χ3n) is 5.04. The molecule has 5 heteroatoms. The van der Waals surface area contributed by atoms with Crippen molar-refractivity contribution in [3.05, 3.63) is 59.7 Å². The summed E-state index contributed by atoms with van der Waals surface area (Å²) in [6, 6.07) is 15.9. The first kappa shape index (κ1) is 18.4. The Hall–Kier alpha value is -1.43. The van der Waals surface area contributed by atoms with Gasteiger partial charge in [0.05, 0.1) is 18.9 Å². The smallest absolute Gasteiger partial charge is 0.139 e. The van der Waals surface area contributed by atoms with E-state index in [9.17, 15) is 4.79 Å². The zero-order valence-electron chi connectivity index (χ0n) is 14.2. The van der Waals surface area contributed by atoms with Crippen LogP contribution in [0, 0.1) is 11.8 Å². The highest BCUT2D eigenvalue weighted by molar-refractivity contribution is 7.10. The van der Waals surface area contributed by atoms with Gasteiger partial charge in [-0.05, 0) is 48.9 Å². The molecule has 132 valence electrons. The van der Waals surface area contributed by atoms with Crippen LogP contribution < -0.4 is 9.05 Å². The first-order chi connectivity index (χ1) is 12.2. The van der Waals surface area contributed by atoms with E-state index in [-0.39, 0.29) is 11.8 Å². The third kappa shape index (κ3) is 4.40. The SMILES string of the molecule is O=C1C(Cc2ccccc2OP)CCCC1Cc1ccccc1OP. The molecule has 2 aromatic carbocycles. The number of carbonyl (C=O) groups is 1. The van der Waals surface area contributed by atoms with Crippen LogP contribution in [0.15, 0.2) is 48.5 Å². The Morgan fingerprint density at radius 2 is 1.24 bits per heavy atom. The maximum absolute atomic E-state index is 13.0. The van der Waals surface area contributed by atoms with Crippen LogP contribution in [-0.2, 0) is 17.6 Å². The summed E-state index contributed by atoms with van der Waals surface area (Å²) in [6.07, 6.45) is 4.52. The van der Waals surface area contributed by atoms with Gasteiger partial charge in [0.2, 0.25) is 0 Å². The van der Waals surface area contributed by atoms with E-state index in [1.165, 1.54) is 0 Å². The second-order valence-electron chi connectivity index (χ2n) is 6.59. The summed E-state index contributed by atoms with van der Waals surface area (Å²) in [6.45, 7) is 0. The molecule has 2 aromatic rings. The molecule has 0 aliphatic heterocycles. The number of ketones is 1. The molecule has 25 heavy (non-hydrogen) atoms. The highest BCUT2D eigenvalue weighted by Crippen LogP contribution is 2.34. The Morgan fingerprint density at radius 1 is 0.800 bits per heavy atom. The Balaban J connectivity index is 1.72. The zero-order valence-corrected chi connectivity index (χ0v) is 16.5. The molecular weight excluding hydrogens is 350 g/mol. The summed E-state index contributed by atoms with van der Waals surface area (Å²) < 4.78 is 10.7. The second kappa shape index (κ2) is 8.79. The van der Waals surface area contributed by atoms with Crippen molar-refractivity contribution in [3.63, 3.8) is 0 Å². The van der Waals surface area contributed by atoms with Crippen molar-refractivity contribution in [3.8, 4) is 11.5 Å². The van der Waals surface area contributed by atoms with Crippen molar-refractivity contribution in [2.45, 2.75) is 32.1 Å². The van der Waals surface area contributed by atoms with E-state index in [4.69, 9.17) is 9.05 Å². The maximum Gasteiger partial charge on any atom is 0.139 e. The van der Waals surface area contributed by atoms with Crippen LogP contribution in [0.5, 0.6) is 11.5 Å². The topological polar surface area (TPSA) is 35.5 Å². The van der Waals surface area contributed by atoms with Gasteiger partial charge in [-0.3, -0.25) is 4.79 Å². The molecule has 0 amide bonds. The molecule has 1 aliphatic carbocycles. The molecule has 1 saturated carbocycles. The predicted molar refractivity (Wildman–Crippen MR) is 107 cm³/mol. The van der Waals surface area contributed by atoms with Gasteiger partial charge in [0, 0.05) is 11.8 Å². The Bertz CT molecular complexity index is 673. The van der Waals surface area contributed by atoms with Gasteiger partial charge in [0.1, 0.15) is 17.3 Å². The number of Topliss-reactive ketones (excluding diaryl/α,β-unsaturated/α-hetero) is 1. The molecule has 4 unspecified atom stereocenters. The molecule has 0 saturated heterocycles. The standard InChI is InChI=1S/C20H24O3P2/c21-20-16(12-14-6-1-3-10-18(14)22-24)8-5-9-17(20)13-15-7-2-4-11-19(15)23-25/h1-4,6-7,10-11,16-17H,5,8-9,12-13,24-25H2. The van der Waals surface area contributed by atoms with Crippen molar-refractivity contribution in [1.29, 1.82) is 0 Å². The van der Waals surface area contributed by atoms with Crippen molar-refractivity contribution in [2.75, 3.05) is 0 Å². The molecule has 0 N–H and O–H groups in total. The van der Waals surface area contributed by atoms with Crippen LogP contribution in [0.4, 0.5) is 0 Å². The average molecular weight is 374 g/mol. The lowest BCUT2D eigenvalue weighted by molar-refractivity contribution is -0.129. The number of hydrogen-bond donors (Lipinski definition) is 0. The summed E-state index contributed by atoms with van der Waals surface area (Å²) in [5, 5.41) is 0. The minimum Gasteiger partial charge on any atom is -0.480 e. The normalized spacial score (nSPS) is 20.3. The fraction of sp³-hybridized carbons (Fsp3) is 0.350. The average Bonchev–Trinajstić information content (AvgIpc) is 2.66. The van der Waals surface area contributed by atoms with Gasteiger partial charge in [-0.1, -0.05) is 42.8 Å².